The Morgan fingerprint density at radius 3 is 2.19 bits per heavy atom. The van der Waals surface area contributed by atoms with E-state index in [4.69, 9.17) is 10.5 Å². The first-order valence-electron chi connectivity index (χ1n) is 5.99. The van der Waals surface area contributed by atoms with Gasteiger partial charge in [-0.3, -0.25) is 0 Å². The van der Waals surface area contributed by atoms with Crippen LogP contribution < -0.4 is 5.73 Å². The van der Waals surface area contributed by atoms with E-state index >= 15 is 0 Å². The van der Waals surface area contributed by atoms with E-state index in [0.29, 0.717) is 6.54 Å². The molecule has 5 heteroatoms. The van der Waals surface area contributed by atoms with Crippen LogP contribution in [-0.2, 0) is 14.6 Å². The quantitative estimate of drug-likeness (QED) is 0.741. The van der Waals surface area contributed by atoms with Gasteiger partial charge in [-0.15, -0.1) is 0 Å². The number of hydrogen-bond donors (Lipinski definition) is 1. The summed E-state index contributed by atoms with van der Waals surface area (Å²) in [6.45, 7) is 0.771. The summed E-state index contributed by atoms with van der Waals surface area (Å²) < 4.78 is 27.8. The lowest BCUT2D eigenvalue weighted by atomic mass is 9.94. The number of rotatable bonds is 5. The Hall–Kier alpha value is -0.130. The second kappa shape index (κ2) is 5.98. The predicted molar refractivity (Wildman–Crippen MR) is 65.2 cm³/mol. The van der Waals surface area contributed by atoms with Crippen LogP contribution in [0.5, 0.6) is 0 Å². The van der Waals surface area contributed by atoms with Crippen LogP contribution in [0.15, 0.2) is 0 Å². The molecule has 0 bridgehead atoms. The van der Waals surface area contributed by atoms with Gasteiger partial charge in [-0.2, -0.15) is 0 Å². The molecule has 0 aromatic carbocycles. The van der Waals surface area contributed by atoms with Gasteiger partial charge in [0.2, 0.25) is 0 Å². The lowest BCUT2D eigenvalue weighted by Crippen LogP contribution is -2.41. The minimum absolute atomic E-state index is 0.0920. The van der Waals surface area contributed by atoms with Crippen molar-refractivity contribution in [2.45, 2.75) is 44.1 Å². The molecule has 0 aromatic heterocycles. The Labute approximate surface area is 98.5 Å². The molecule has 0 saturated heterocycles. The van der Waals surface area contributed by atoms with E-state index in [2.05, 4.69) is 0 Å². The largest absolute Gasteiger partial charge is 0.373 e. The Balaban J connectivity index is 2.45. The fourth-order valence-corrected chi connectivity index (χ4v) is 2.58. The normalized spacial score (nSPS) is 21.6. The molecule has 16 heavy (non-hydrogen) atoms. The van der Waals surface area contributed by atoms with Gasteiger partial charge in [0.25, 0.3) is 0 Å². The summed E-state index contributed by atoms with van der Waals surface area (Å²) in [6.07, 6.45) is 7.90. The van der Waals surface area contributed by atoms with Gasteiger partial charge in [-0.05, 0) is 12.8 Å². The summed E-state index contributed by atoms with van der Waals surface area (Å²) in [5.74, 6) is 0.0920. The van der Waals surface area contributed by atoms with Crippen molar-refractivity contribution in [3.05, 3.63) is 0 Å². The second-order valence-electron chi connectivity index (χ2n) is 4.78. The van der Waals surface area contributed by atoms with Crippen LogP contribution in [0.3, 0.4) is 0 Å². The molecule has 0 atom stereocenters. The highest BCUT2D eigenvalue weighted by molar-refractivity contribution is 7.90. The van der Waals surface area contributed by atoms with Crippen molar-refractivity contribution in [3.8, 4) is 0 Å². The highest BCUT2D eigenvalue weighted by atomic mass is 32.2. The predicted octanol–water partition coefficient (Wildman–Crippen LogP) is 1.10. The van der Waals surface area contributed by atoms with E-state index in [0.717, 1.165) is 25.7 Å². The lowest BCUT2D eigenvalue weighted by Gasteiger charge is -2.31. The maximum Gasteiger partial charge on any atom is 0.149 e. The van der Waals surface area contributed by atoms with Crippen LogP contribution >= 0.6 is 0 Å². The molecule has 0 aromatic rings. The zero-order valence-electron chi connectivity index (χ0n) is 10.1. The van der Waals surface area contributed by atoms with Crippen LogP contribution in [0.2, 0.25) is 0 Å². The summed E-state index contributed by atoms with van der Waals surface area (Å²) >= 11 is 0. The second-order valence-corrected chi connectivity index (χ2v) is 7.04. The first-order valence-corrected chi connectivity index (χ1v) is 8.05. The first kappa shape index (κ1) is 13.9. The topological polar surface area (TPSA) is 69.4 Å². The molecule has 0 unspecified atom stereocenters. The lowest BCUT2D eigenvalue weighted by molar-refractivity contribution is -0.0419. The summed E-state index contributed by atoms with van der Waals surface area (Å²) in [7, 11) is -2.93. The van der Waals surface area contributed by atoms with Crippen LogP contribution in [0, 0.1) is 0 Å². The molecule has 0 amide bonds. The smallest absolute Gasteiger partial charge is 0.149 e. The maximum atomic E-state index is 11.0. The third-order valence-electron chi connectivity index (χ3n) is 3.25. The molecular weight excluding hydrogens is 226 g/mol. The van der Waals surface area contributed by atoms with Crippen LogP contribution in [-0.4, -0.2) is 39.2 Å². The van der Waals surface area contributed by atoms with Gasteiger partial charge in [0.05, 0.1) is 18.0 Å². The fourth-order valence-electron chi connectivity index (χ4n) is 2.19. The van der Waals surface area contributed by atoms with Gasteiger partial charge < -0.3 is 10.5 Å². The van der Waals surface area contributed by atoms with Crippen molar-refractivity contribution in [2.24, 2.45) is 5.73 Å². The zero-order valence-corrected chi connectivity index (χ0v) is 10.9. The van der Waals surface area contributed by atoms with Crippen LogP contribution in [0.1, 0.15) is 38.5 Å². The van der Waals surface area contributed by atoms with Crippen LogP contribution in [0.4, 0.5) is 0 Å². The molecule has 96 valence electrons. The molecule has 1 rings (SSSR count). The van der Waals surface area contributed by atoms with E-state index in [1.807, 2.05) is 0 Å². The third kappa shape index (κ3) is 4.80. The average molecular weight is 249 g/mol. The monoisotopic (exact) mass is 249 g/mol. The molecule has 0 aliphatic heterocycles. The van der Waals surface area contributed by atoms with Gasteiger partial charge in [-0.1, -0.05) is 25.7 Å². The van der Waals surface area contributed by atoms with Gasteiger partial charge >= 0.3 is 0 Å². The van der Waals surface area contributed by atoms with E-state index in [1.54, 1.807) is 0 Å². The molecule has 1 fully saturated rings. The summed E-state index contributed by atoms with van der Waals surface area (Å²) in [4.78, 5) is 0. The van der Waals surface area contributed by atoms with E-state index in [-0.39, 0.29) is 18.0 Å². The Morgan fingerprint density at radius 2 is 1.75 bits per heavy atom. The Bertz CT molecular complexity index is 292. The molecule has 2 N–H and O–H groups in total. The molecule has 0 spiro atoms. The van der Waals surface area contributed by atoms with Crippen molar-refractivity contribution in [3.63, 3.8) is 0 Å². The molecule has 1 aliphatic rings. The standard InChI is InChI=1S/C11H23NO3S/c1-16(13,14)9-8-15-11(10-12)6-4-2-3-5-7-11/h2-10,12H2,1H3. The third-order valence-corrected chi connectivity index (χ3v) is 4.16. The minimum Gasteiger partial charge on any atom is -0.373 e. The van der Waals surface area contributed by atoms with E-state index in [1.165, 1.54) is 19.1 Å². The average Bonchev–Trinajstić information content (AvgIpc) is 2.42. The first-order chi connectivity index (χ1) is 7.47. The number of hydrogen-bond acceptors (Lipinski definition) is 4. The Kier molecular flexibility index (Phi) is 5.21. The number of sulfone groups is 1. The fraction of sp³-hybridized carbons (Fsp3) is 1.00. The summed E-state index contributed by atoms with van der Waals surface area (Å²) in [5.41, 5.74) is 5.52. The number of nitrogens with two attached hydrogens (primary N) is 1. The molecule has 1 saturated carbocycles. The highest BCUT2D eigenvalue weighted by Crippen LogP contribution is 2.29. The van der Waals surface area contributed by atoms with Crippen LogP contribution in [0.25, 0.3) is 0 Å². The van der Waals surface area contributed by atoms with Gasteiger partial charge in [0, 0.05) is 12.8 Å². The van der Waals surface area contributed by atoms with Crippen molar-refractivity contribution in [2.75, 3.05) is 25.2 Å². The minimum atomic E-state index is -2.93. The van der Waals surface area contributed by atoms with Crippen molar-refractivity contribution in [1.29, 1.82) is 0 Å². The van der Waals surface area contributed by atoms with Crippen molar-refractivity contribution < 1.29 is 13.2 Å². The SMILES string of the molecule is CS(=O)(=O)CCOC1(CN)CCCCCC1. The molecule has 0 radical (unpaired) electrons. The van der Waals surface area contributed by atoms with E-state index < -0.39 is 9.84 Å². The van der Waals surface area contributed by atoms with E-state index in [9.17, 15) is 8.42 Å². The molecule has 4 nitrogen and oxygen atoms in total. The molecule has 1 aliphatic carbocycles. The zero-order chi connectivity index (χ0) is 12.1. The molecule has 0 heterocycles. The number of ether oxygens (including phenoxy) is 1. The van der Waals surface area contributed by atoms with Gasteiger partial charge in [0.15, 0.2) is 0 Å². The Morgan fingerprint density at radius 1 is 1.19 bits per heavy atom. The van der Waals surface area contributed by atoms with Gasteiger partial charge in [-0.25, -0.2) is 8.42 Å². The molecular formula is C11H23NO3S. The maximum absolute atomic E-state index is 11.0. The van der Waals surface area contributed by atoms with Gasteiger partial charge in [0.1, 0.15) is 9.84 Å². The van der Waals surface area contributed by atoms with Crippen molar-refractivity contribution in [1.82, 2.24) is 0 Å². The van der Waals surface area contributed by atoms with Crippen molar-refractivity contribution >= 4 is 9.84 Å². The summed E-state index contributed by atoms with van der Waals surface area (Å²) in [6, 6.07) is 0. The summed E-state index contributed by atoms with van der Waals surface area (Å²) in [5, 5.41) is 0. The highest BCUT2D eigenvalue weighted by Gasteiger charge is 2.30.